The highest BCUT2D eigenvalue weighted by Gasteiger charge is 2.11. The molecule has 0 aliphatic rings. The average molecular weight is 337 g/mol. The van der Waals surface area contributed by atoms with Gasteiger partial charge < -0.3 is 9.30 Å². The third kappa shape index (κ3) is 3.74. The van der Waals surface area contributed by atoms with Gasteiger partial charge in [-0.3, -0.25) is 4.79 Å². The molecular weight excluding hydrogens is 321 g/mol. The predicted molar refractivity (Wildman–Crippen MR) is 93.8 cm³/mol. The Morgan fingerprint density at radius 3 is 2.64 bits per heavy atom. The number of halogens is 1. The van der Waals surface area contributed by atoms with E-state index in [9.17, 15) is 9.18 Å². The first kappa shape index (κ1) is 16.4. The number of nitrogens with zero attached hydrogens (tertiary/aromatic N) is 2. The van der Waals surface area contributed by atoms with Crippen LogP contribution in [-0.4, -0.2) is 23.8 Å². The molecule has 1 N–H and O–H groups in total. The van der Waals surface area contributed by atoms with Crippen molar-refractivity contribution in [3.63, 3.8) is 0 Å². The molecule has 0 atom stereocenters. The van der Waals surface area contributed by atoms with E-state index in [4.69, 9.17) is 4.74 Å². The molecule has 0 spiro atoms. The Labute approximate surface area is 144 Å². The van der Waals surface area contributed by atoms with E-state index in [1.807, 2.05) is 41.2 Å². The third-order valence-corrected chi connectivity index (χ3v) is 3.59. The maximum atomic E-state index is 13.6. The maximum absolute atomic E-state index is 13.6. The fourth-order valence-corrected chi connectivity index (χ4v) is 2.37. The van der Waals surface area contributed by atoms with Crippen molar-refractivity contribution in [1.29, 1.82) is 0 Å². The first-order chi connectivity index (χ1) is 12.2. The molecule has 2 aromatic carbocycles. The molecule has 0 bridgehead atoms. The zero-order valence-corrected chi connectivity index (χ0v) is 13.5. The summed E-state index contributed by atoms with van der Waals surface area (Å²) < 4.78 is 20.3. The molecule has 5 nitrogen and oxygen atoms in total. The molecule has 1 heterocycles. The number of amides is 1. The van der Waals surface area contributed by atoms with Crippen LogP contribution in [0.3, 0.4) is 0 Å². The van der Waals surface area contributed by atoms with Crippen molar-refractivity contribution in [2.24, 2.45) is 5.10 Å². The second kappa shape index (κ2) is 7.44. The quantitative estimate of drug-likeness (QED) is 0.573. The van der Waals surface area contributed by atoms with E-state index in [-0.39, 0.29) is 11.7 Å². The van der Waals surface area contributed by atoms with Crippen molar-refractivity contribution >= 4 is 12.1 Å². The molecule has 25 heavy (non-hydrogen) atoms. The van der Waals surface area contributed by atoms with Gasteiger partial charge in [0.25, 0.3) is 5.91 Å². The molecule has 0 radical (unpaired) electrons. The second-order valence-electron chi connectivity index (χ2n) is 5.20. The number of methoxy groups -OCH3 is 1. The minimum absolute atomic E-state index is 0.154. The van der Waals surface area contributed by atoms with Gasteiger partial charge in [0.1, 0.15) is 0 Å². The van der Waals surface area contributed by atoms with E-state index in [0.717, 1.165) is 5.69 Å². The summed E-state index contributed by atoms with van der Waals surface area (Å²) in [4.78, 5) is 12.4. The number of aromatic nitrogens is 1. The lowest BCUT2D eigenvalue weighted by atomic mass is 10.1. The van der Waals surface area contributed by atoms with Crippen molar-refractivity contribution in [3.05, 3.63) is 83.9 Å². The van der Waals surface area contributed by atoms with E-state index < -0.39 is 5.82 Å². The number of hydrogen-bond donors (Lipinski definition) is 1. The first-order valence-corrected chi connectivity index (χ1v) is 7.58. The predicted octanol–water partition coefficient (Wildman–Crippen LogP) is 3.39. The minimum Gasteiger partial charge on any atom is -0.494 e. The van der Waals surface area contributed by atoms with Crippen molar-refractivity contribution in [2.45, 2.75) is 0 Å². The van der Waals surface area contributed by atoms with E-state index in [1.165, 1.54) is 25.5 Å². The Bertz CT molecular complexity index is 905. The lowest BCUT2D eigenvalue weighted by Crippen LogP contribution is -2.19. The number of carbonyl (C=O) groups is 1. The molecule has 0 saturated heterocycles. The van der Waals surface area contributed by atoms with Crippen LogP contribution in [0, 0.1) is 5.82 Å². The molecular formula is C19H16FN3O2. The highest BCUT2D eigenvalue weighted by Crippen LogP contribution is 2.17. The lowest BCUT2D eigenvalue weighted by molar-refractivity contribution is 0.0955. The monoisotopic (exact) mass is 337 g/mol. The lowest BCUT2D eigenvalue weighted by Gasteiger charge is -2.09. The highest BCUT2D eigenvalue weighted by molar-refractivity contribution is 5.98. The minimum atomic E-state index is -0.490. The van der Waals surface area contributed by atoms with E-state index >= 15 is 0 Å². The number of carbonyl (C=O) groups excluding carboxylic acids is 1. The van der Waals surface area contributed by atoms with Crippen LogP contribution in [0.25, 0.3) is 5.69 Å². The van der Waals surface area contributed by atoms with Gasteiger partial charge in [-0.1, -0.05) is 12.1 Å². The van der Waals surface area contributed by atoms with Crippen LogP contribution in [0.1, 0.15) is 15.9 Å². The number of nitrogens with one attached hydrogen (secondary N) is 1. The SMILES string of the molecule is COc1ccc(/C=N\NC(=O)c2ccccc2-n2cccc2)cc1F. The van der Waals surface area contributed by atoms with Gasteiger partial charge in [-0.05, 0) is 48.0 Å². The van der Waals surface area contributed by atoms with E-state index in [1.54, 1.807) is 18.2 Å². The van der Waals surface area contributed by atoms with Crippen LogP contribution >= 0.6 is 0 Å². The van der Waals surface area contributed by atoms with Gasteiger partial charge >= 0.3 is 0 Å². The van der Waals surface area contributed by atoms with Gasteiger partial charge in [0.05, 0.1) is 24.6 Å². The fraction of sp³-hybridized carbons (Fsp3) is 0.0526. The number of benzene rings is 2. The molecule has 3 aromatic rings. The van der Waals surface area contributed by atoms with Gasteiger partial charge in [0.15, 0.2) is 11.6 Å². The third-order valence-electron chi connectivity index (χ3n) is 3.59. The zero-order valence-electron chi connectivity index (χ0n) is 13.5. The van der Waals surface area contributed by atoms with Gasteiger partial charge in [-0.2, -0.15) is 5.10 Å². The maximum Gasteiger partial charge on any atom is 0.273 e. The zero-order chi connectivity index (χ0) is 17.6. The summed E-state index contributed by atoms with van der Waals surface area (Å²) in [6, 6.07) is 15.4. The van der Waals surface area contributed by atoms with Crippen LogP contribution in [-0.2, 0) is 0 Å². The van der Waals surface area contributed by atoms with Crippen molar-refractivity contribution in [1.82, 2.24) is 9.99 Å². The Morgan fingerprint density at radius 2 is 1.92 bits per heavy atom. The molecule has 1 aromatic heterocycles. The number of hydrazone groups is 1. The van der Waals surface area contributed by atoms with Crippen LogP contribution in [0.4, 0.5) is 4.39 Å². The summed E-state index contributed by atoms with van der Waals surface area (Å²) in [5, 5.41) is 3.90. The van der Waals surface area contributed by atoms with Gasteiger partial charge in [-0.15, -0.1) is 0 Å². The molecule has 6 heteroatoms. The molecule has 0 unspecified atom stereocenters. The van der Waals surface area contributed by atoms with Crippen molar-refractivity contribution in [3.8, 4) is 11.4 Å². The highest BCUT2D eigenvalue weighted by atomic mass is 19.1. The van der Waals surface area contributed by atoms with E-state index in [0.29, 0.717) is 11.1 Å². The topological polar surface area (TPSA) is 55.6 Å². The van der Waals surface area contributed by atoms with Crippen LogP contribution in [0.5, 0.6) is 5.75 Å². The summed E-state index contributed by atoms with van der Waals surface area (Å²) in [7, 11) is 1.40. The normalized spacial score (nSPS) is 10.8. The van der Waals surface area contributed by atoms with Crippen molar-refractivity contribution < 1.29 is 13.9 Å². The Hall–Kier alpha value is -3.41. The van der Waals surface area contributed by atoms with Crippen molar-refractivity contribution in [2.75, 3.05) is 7.11 Å². The Kier molecular flexibility index (Phi) is 4.89. The number of rotatable bonds is 5. The number of ether oxygens (including phenoxy) is 1. The standard InChI is InChI=1S/C19H16FN3O2/c1-25-18-9-8-14(12-16(18)20)13-21-22-19(24)15-6-2-3-7-17(15)23-10-4-5-11-23/h2-13H,1H3,(H,22,24)/b21-13-. The number of hydrogen-bond acceptors (Lipinski definition) is 3. The summed E-state index contributed by atoms with van der Waals surface area (Å²) in [6.07, 6.45) is 5.09. The van der Waals surface area contributed by atoms with Gasteiger partial charge in [0, 0.05) is 12.4 Å². The molecule has 0 aliphatic carbocycles. The average Bonchev–Trinajstić information content (AvgIpc) is 3.16. The molecule has 126 valence electrons. The Balaban J connectivity index is 1.74. The van der Waals surface area contributed by atoms with Crippen LogP contribution < -0.4 is 10.2 Å². The molecule has 0 aliphatic heterocycles. The van der Waals surface area contributed by atoms with Crippen LogP contribution in [0.15, 0.2) is 72.1 Å². The fourth-order valence-electron chi connectivity index (χ4n) is 2.37. The summed E-state index contributed by atoms with van der Waals surface area (Å²) in [6.45, 7) is 0. The molecule has 1 amide bonds. The summed E-state index contributed by atoms with van der Waals surface area (Å²) in [5.74, 6) is -0.688. The smallest absolute Gasteiger partial charge is 0.273 e. The summed E-state index contributed by atoms with van der Waals surface area (Å²) >= 11 is 0. The van der Waals surface area contributed by atoms with Gasteiger partial charge in [-0.25, -0.2) is 9.82 Å². The number of para-hydroxylation sites is 1. The second-order valence-corrected chi connectivity index (χ2v) is 5.20. The molecule has 3 rings (SSSR count). The molecule has 0 saturated carbocycles. The largest absolute Gasteiger partial charge is 0.494 e. The summed E-state index contributed by atoms with van der Waals surface area (Å²) in [5.41, 5.74) is 4.20. The first-order valence-electron chi connectivity index (χ1n) is 7.58. The molecule has 0 fully saturated rings. The van der Waals surface area contributed by atoms with E-state index in [2.05, 4.69) is 10.5 Å². The Morgan fingerprint density at radius 1 is 1.16 bits per heavy atom. The van der Waals surface area contributed by atoms with Gasteiger partial charge in [0.2, 0.25) is 0 Å². The van der Waals surface area contributed by atoms with Crippen LogP contribution in [0.2, 0.25) is 0 Å².